The van der Waals surface area contributed by atoms with Crippen molar-refractivity contribution in [2.45, 2.75) is 32.2 Å². The maximum atomic E-state index is 11.1. The van der Waals surface area contributed by atoms with Gasteiger partial charge in [0.05, 0.1) is 11.7 Å². The molecule has 1 aliphatic heterocycles. The maximum Gasteiger partial charge on any atom is 0.220 e. The molecular weight excluding hydrogens is 230 g/mol. The number of carbonyl (C=O) groups is 1. The minimum absolute atomic E-state index is 0.104. The first kappa shape index (κ1) is 12.8. The van der Waals surface area contributed by atoms with Crippen molar-refractivity contribution in [1.29, 1.82) is 0 Å². The van der Waals surface area contributed by atoms with Crippen LogP contribution in [-0.2, 0) is 11.2 Å². The molecule has 0 saturated carbocycles. The van der Waals surface area contributed by atoms with Gasteiger partial charge in [-0.25, -0.2) is 0 Å². The molecule has 0 aliphatic carbocycles. The number of carbonyl (C=O) groups excluding carboxylic acids is 1. The molecule has 1 unspecified atom stereocenters. The molecule has 0 bridgehead atoms. The number of nitrogens with two attached hydrogens (primary N) is 1. The Morgan fingerprint density at radius 1 is 1.56 bits per heavy atom. The topological polar surface area (TPSA) is 77.2 Å². The molecule has 1 aliphatic rings. The smallest absolute Gasteiger partial charge is 0.220 e. The summed E-state index contributed by atoms with van der Waals surface area (Å²) >= 11 is 0. The van der Waals surface area contributed by atoms with E-state index in [1.54, 1.807) is 0 Å². The average Bonchev–Trinajstić information content (AvgIpc) is 2.75. The van der Waals surface area contributed by atoms with Gasteiger partial charge in [-0.2, -0.15) is 0 Å². The zero-order chi connectivity index (χ0) is 13.0. The lowest BCUT2D eigenvalue weighted by Gasteiger charge is -2.14. The predicted octanol–water partition coefficient (Wildman–Crippen LogP) is 0.549. The summed E-state index contributed by atoms with van der Waals surface area (Å²) in [7, 11) is 0. The van der Waals surface area contributed by atoms with E-state index in [0.29, 0.717) is 26.0 Å². The van der Waals surface area contributed by atoms with Crippen molar-refractivity contribution in [2.75, 3.05) is 13.2 Å². The normalized spacial score (nSPS) is 18.8. The summed E-state index contributed by atoms with van der Waals surface area (Å²) in [5.41, 5.74) is 7.41. The standard InChI is InChI=1S/C13H19N3O2/c1-9-2-4-12(11(15-9)6-7-14)18-8-10-3-5-13(17)16-10/h2,4,10H,3,5-8,14H2,1H3,(H,16,17). The third-order valence-corrected chi connectivity index (χ3v) is 2.98. The van der Waals surface area contributed by atoms with Crippen molar-refractivity contribution in [3.63, 3.8) is 0 Å². The van der Waals surface area contributed by atoms with E-state index in [1.165, 1.54) is 0 Å². The average molecular weight is 249 g/mol. The Morgan fingerprint density at radius 3 is 3.06 bits per heavy atom. The molecule has 5 heteroatoms. The molecule has 3 N–H and O–H groups in total. The second kappa shape index (κ2) is 5.82. The Bertz CT molecular complexity index is 434. The first-order valence-corrected chi connectivity index (χ1v) is 6.28. The SMILES string of the molecule is Cc1ccc(OCC2CCC(=O)N2)c(CCN)n1. The number of ether oxygens (including phenoxy) is 1. The Hall–Kier alpha value is -1.62. The van der Waals surface area contributed by atoms with E-state index in [9.17, 15) is 4.79 Å². The van der Waals surface area contributed by atoms with Crippen LogP contribution < -0.4 is 15.8 Å². The molecule has 1 aromatic rings. The van der Waals surface area contributed by atoms with E-state index in [4.69, 9.17) is 10.5 Å². The van der Waals surface area contributed by atoms with Crippen LogP contribution in [0.1, 0.15) is 24.2 Å². The van der Waals surface area contributed by atoms with Crippen LogP contribution in [0.2, 0.25) is 0 Å². The highest BCUT2D eigenvalue weighted by Gasteiger charge is 2.21. The van der Waals surface area contributed by atoms with Gasteiger partial charge in [-0.15, -0.1) is 0 Å². The predicted molar refractivity (Wildman–Crippen MR) is 68.4 cm³/mol. The lowest BCUT2D eigenvalue weighted by Crippen LogP contribution is -2.31. The van der Waals surface area contributed by atoms with Gasteiger partial charge >= 0.3 is 0 Å². The molecule has 1 fully saturated rings. The second-order valence-corrected chi connectivity index (χ2v) is 4.55. The van der Waals surface area contributed by atoms with E-state index in [-0.39, 0.29) is 11.9 Å². The number of nitrogens with zero attached hydrogens (tertiary/aromatic N) is 1. The number of rotatable bonds is 5. The number of amides is 1. The first-order chi connectivity index (χ1) is 8.69. The fourth-order valence-electron chi connectivity index (χ4n) is 2.04. The van der Waals surface area contributed by atoms with Gasteiger partial charge in [0.15, 0.2) is 0 Å². The van der Waals surface area contributed by atoms with Gasteiger partial charge < -0.3 is 15.8 Å². The summed E-state index contributed by atoms with van der Waals surface area (Å²) < 4.78 is 5.74. The maximum absolute atomic E-state index is 11.1. The van der Waals surface area contributed by atoms with Gasteiger partial charge in [0.2, 0.25) is 5.91 Å². The first-order valence-electron chi connectivity index (χ1n) is 6.28. The van der Waals surface area contributed by atoms with Crippen LogP contribution in [0.25, 0.3) is 0 Å². The second-order valence-electron chi connectivity index (χ2n) is 4.55. The molecule has 0 radical (unpaired) electrons. The van der Waals surface area contributed by atoms with Gasteiger partial charge in [-0.05, 0) is 32.0 Å². The highest BCUT2D eigenvalue weighted by atomic mass is 16.5. The molecule has 1 atom stereocenters. The molecule has 2 rings (SSSR count). The number of nitrogens with one attached hydrogen (secondary N) is 1. The summed E-state index contributed by atoms with van der Waals surface area (Å²) in [5.74, 6) is 0.875. The molecule has 0 aromatic carbocycles. The molecule has 98 valence electrons. The van der Waals surface area contributed by atoms with Gasteiger partial charge in [0, 0.05) is 18.5 Å². The molecular formula is C13H19N3O2. The fourth-order valence-corrected chi connectivity index (χ4v) is 2.04. The molecule has 1 aromatic heterocycles. The van der Waals surface area contributed by atoms with Crippen LogP contribution in [0.4, 0.5) is 0 Å². The third-order valence-electron chi connectivity index (χ3n) is 2.98. The van der Waals surface area contributed by atoms with Crippen molar-refractivity contribution < 1.29 is 9.53 Å². The lowest BCUT2D eigenvalue weighted by molar-refractivity contribution is -0.119. The summed E-state index contributed by atoms with van der Waals surface area (Å²) in [6, 6.07) is 3.96. The Morgan fingerprint density at radius 2 is 2.39 bits per heavy atom. The Kier molecular flexibility index (Phi) is 4.15. The highest BCUT2D eigenvalue weighted by molar-refractivity contribution is 5.78. The lowest BCUT2D eigenvalue weighted by atomic mass is 10.2. The number of aryl methyl sites for hydroxylation is 1. The zero-order valence-electron chi connectivity index (χ0n) is 10.6. The molecule has 18 heavy (non-hydrogen) atoms. The van der Waals surface area contributed by atoms with E-state index in [2.05, 4.69) is 10.3 Å². The highest BCUT2D eigenvalue weighted by Crippen LogP contribution is 2.18. The van der Waals surface area contributed by atoms with Crippen molar-refractivity contribution in [3.8, 4) is 5.75 Å². The third kappa shape index (κ3) is 3.20. The number of pyridine rings is 1. The molecule has 1 saturated heterocycles. The van der Waals surface area contributed by atoms with Gasteiger partial charge in [-0.3, -0.25) is 9.78 Å². The van der Waals surface area contributed by atoms with E-state index in [0.717, 1.165) is 23.6 Å². The van der Waals surface area contributed by atoms with Crippen LogP contribution >= 0.6 is 0 Å². The van der Waals surface area contributed by atoms with Crippen LogP contribution in [0.15, 0.2) is 12.1 Å². The van der Waals surface area contributed by atoms with Gasteiger partial charge in [0.25, 0.3) is 0 Å². The van der Waals surface area contributed by atoms with Crippen LogP contribution in [0.5, 0.6) is 5.75 Å². The van der Waals surface area contributed by atoms with Crippen molar-refractivity contribution >= 4 is 5.91 Å². The number of hydrogen-bond acceptors (Lipinski definition) is 4. The van der Waals surface area contributed by atoms with Crippen LogP contribution in [0, 0.1) is 6.92 Å². The van der Waals surface area contributed by atoms with E-state index in [1.807, 2.05) is 19.1 Å². The minimum Gasteiger partial charge on any atom is -0.490 e. The summed E-state index contributed by atoms with van der Waals surface area (Å²) in [6.07, 6.45) is 2.13. The molecule has 1 amide bonds. The largest absolute Gasteiger partial charge is 0.490 e. The quantitative estimate of drug-likeness (QED) is 0.799. The summed E-state index contributed by atoms with van der Waals surface area (Å²) in [6.45, 7) is 2.99. The summed E-state index contributed by atoms with van der Waals surface area (Å²) in [5, 5.41) is 2.88. The van der Waals surface area contributed by atoms with Crippen molar-refractivity contribution in [1.82, 2.24) is 10.3 Å². The van der Waals surface area contributed by atoms with Gasteiger partial charge in [-0.1, -0.05) is 0 Å². The summed E-state index contributed by atoms with van der Waals surface area (Å²) in [4.78, 5) is 15.5. The van der Waals surface area contributed by atoms with Gasteiger partial charge in [0.1, 0.15) is 12.4 Å². The Balaban J connectivity index is 1.97. The molecule has 5 nitrogen and oxygen atoms in total. The zero-order valence-corrected chi connectivity index (χ0v) is 10.6. The fraction of sp³-hybridized carbons (Fsp3) is 0.538. The monoisotopic (exact) mass is 249 g/mol. The Labute approximate surface area is 107 Å². The van der Waals surface area contributed by atoms with Crippen LogP contribution in [-0.4, -0.2) is 30.1 Å². The van der Waals surface area contributed by atoms with Crippen LogP contribution in [0.3, 0.4) is 0 Å². The number of aromatic nitrogens is 1. The number of hydrogen-bond donors (Lipinski definition) is 2. The van der Waals surface area contributed by atoms with E-state index < -0.39 is 0 Å². The molecule has 0 spiro atoms. The van der Waals surface area contributed by atoms with E-state index >= 15 is 0 Å². The van der Waals surface area contributed by atoms with Crippen molar-refractivity contribution in [3.05, 3.63) is 23.5 Å². The molecule has 2 heterocycles. The van der Waals surface area contributed by atoms with Crippen molar-refractivity contribution in [2.24, 2.45) is 5.73 Å². The minimum atomic E-state index is 0.104.